The number of carbonyl (C=O) groups is 1. The zero-order valence-corrected chi connectivity index (χ0v) is 12.1. The number of benzene rings is 1. The van der Waals surface area contributed by atoms with Gasteiger partial charge in [0.2, 0.25) is 0 Å². The third-order valence-electron chi connectivity index (χ3n) is 4.23. The molecule has 22 heavy (non-hydrogen) atoms. The zero-order valence-electron chi connectivity index (χ0n) is 12.1. The Morgan fingerprint density at radius 3 is 2.50 bits per heavy atom. The fourth-order valence-corrected chi connectivity index (χ4v) is 2.81. The van der Waals surface area contributed by atoms with E-state index in [1.807, 2.05) is 0 Å². The predicted octanol–water partition coefficient (Wildman–Crippen LogP) is 3.52. The van der Waals surface area contributed by atoms with Crippen LogP contribution in [0, 0.1) is 18.6 Å². The van der Waals surface area contributed by atoms with Gasteiger partial charge in [0.1, 0.15) is 23.0 Å². The highest BCUT2D eigenvalue weighted by Crippen LogP contribution is 2.42. The van der Waals surface area contributed by atoms with Gasteiger partial charge in [0, 0.05) is 5.56 Å². The van der Waals surface area contributed by atoms with Gasteiger partial charge in [-0.25, -0.2) is 13.8 Å². The Kier molecular flexibility index (Phi) is 3.53. The summed E-state index contributed by atoms with van der Waals surface area (Å²) < 4.78 is 28.5. The van der Waals surface area contributed by atoms with Gasteiger partial charge in [-0.15, -0.1) is 0 Å². The highest BCUT2D eigenvalue weighted by molar-refractivity contribution is 5.75. The summed E-state index contributed by atoms with van der Waals surface area (Å²) in [5.74, 6) is -1.34. The van der Waals surface area contributed by atoms with Crippen LogP contribution < -0.4 is 0 Å². The molecule has 0 saturated heterocycles. The quantitative estimate of drug-likeness (QED) is 0.883. The highest BCUT2D eigenvalue weighted by atomic mass is 19.1. The molecule has 1 aromatic carbocycles. The van der Waals surface area contributed by atoms with E-state index in [9.17, 15) is 18.7 Å². The Morgan fingerprint density at radius 1 is 1.23 bits per heavy atom. The Hall–Kier alpha value is -2.14. The summed E-state index contributed by atoms with van der Waals surface area (Å²) in [4.78, 5) is 14.7. The van der Waals surface area contributed by atoms with Crippen molar-refractivity contribution in [2.24, 2.45) is 0 Å². The number of carbonyl (C=O) groups excluding carboxylic acids is 1. The molecule has 0 bridgehead atoms. The number of pyridine rings is 1. The van der Waals surface area contributed by atoms with Crippen LogP contribution in [0.3, 0.4) is 0 Å². The van der Waals surface area contributed by atoms with E-state index in [2.05, 4.69) is 4.98 Å². The van der Waals surface area contributed by atoms with Crippen LogP contribution in [0.15, 0.2) is 24.3 Å². The van der Waals surface area contributed by atoms with E-state index in [0.29, 0.717) is 30.3 Å². The van der Waals surface area contributed by atoms with Crippen molar-refractivity contribution in [2.45, 2.75) is 31.8 Å². The minimum Gasteiger partial charge on any atom is -0.385 e. The SMILES string of the molecule is Cc1cc(C2(O)CCC2)cc(F)c1-c1nc(C=O)ccc1F. The molecule has 3 nitrogen and oxygen atoms in total. The van der Waals surface area contributed by atoms with Gasteiger partial charge in [-0.1, -0.05) is 6.07 Å². The molecule has 1 fully saturated rings. The molecule has 0 atom stereocenters. The fourth-order valence-electron chi connectivity index (χ4n) is 2.81. The number of aliphatic hydroxyl groups is 1. The van der Waals surface area contributed by atoms with Crippen LogP contribution in [-0.2, 0) is 5.60 Å². The number of aryl methyl sites for hydroxylation is 1. The standard InChI is InChI=1S/C17H15F2NO2/c1-10-7-11(17(22)5-2-6-17)8-14(19)15(10)16-13(18)4-3-12(9-21)20-16/h3-4,7-9,22H,2,5-6H2,1H3. The second-order valence-electron chi connectivity index (χ2n) is 5.72. The second kappa shape index (κ2) is 5.25. The molecular formula is C17H15F2NO2. The molecule has 1 N–H and O–H groups in total. The van der Waals surface area contributed by atoms with E-state index in [4.69, 9.17) is 0 Å². The molecule has 1 aromatic heterocycles. The fraction of sp³-hybridized carbons (Fsp3) is 0.294. The molecule has 3 rings (SSSR count). The average Bonchev–Trinajstić information content (AvgIpc) is 2.45. The Bertz CT molecular complexity index is 731. The van der Waals surface area contributed by atoms with Crippen molar-refractivity contribution in [2.75, 3.05) is 0 Å². The van der Waals surface area contributed by atoms with Crippen molar-refractivity contribution in [3.05, 3.63) is 52.7 Å². The van der Waals surface area contributed by atoms with E-state index in [1.54, 1.807) is 13.0 Å². The van der Waals surface area contributed by atoms with E-state index in [1.165, 1.54) is 12.1 Å². The molecular weight excluding hydrogens is 288 g/mol. The van der Waals surface area contributed by atoms with E-state index < -0.39 is 17.2 Å². The Labute approximate surface area is 126 Å². The number of hydrogen-bond donors (Lipinski definition) is 1. The maximum absolute atomic E-state index is 14.5. The van der Waals surface area contributed by atoms with Crippen molar-refractivity contribution >= 4 is 6.29 Å². The third-order valence-corrected chi connectivity index (χ3v) is 4.23. The lowest BCUT2D eigenvalue weighted by atomic mass is 9.74. The van der Waals surface area contributed by atoms with Crippen LogP contribution in [-0.4, -0.2) is 16.4 Å². The van der Waals surface area contributed by atoms with Crippen LogP contribution in [0.5, 0.6) is 0 Å². The summed E-state index contributed by atoms with van der Waals surface area (Å²) in [5, 5.41) is 10.3. The minimum absolute atomic E-state index is 0.0212. The van der Waals surface area contributed by atoms with Gasteiger partial charge in [-0.05, 0) is 55.5 Å². The molecule has 0 amide bonds. The summed E-state index contributed by atoms with van der Waals surface area (Å²) in [6.07, 6.45) is 2.58. The third kappa shape index (κ3) is 2.31. The van der Waals surface area contributed by atoms with Crippen molar-refractivity contribution in [1.82, 2.24) is 4.98 Å². The molecule has 0 unspecified atom stereocenters. The first-order valence-corrected chi connectivity index (χ1v) is 7.10. The van der Waals surface area contributed by atoms with Gasteiger partial charge in [0.15, 0.2) is 6.29 Å². The maximum Gasteiger partial charge on any atom is 0.168 e. The monoisotopic (exact) mass is 303 g/mol. The smallest absolute Gasteiger partial charge is 0.168 e. The summed E-state index contributed by atoms with van der Waals surface area (Å²) >= 11 is 0. The number of rotatable bonds is 3. The van der Waals surface area contributed by atoms with Crippen LogP contribution >= 0.6 is 0 Å². The summed E-state index contributed by atoms with van der Waals surface area (Å²) in [7, 11) is 0. The predicted molar refractivity (Wildman–Crippen MR) is 77.5 cm³/mol. The lowest BCUT2D eigenvalue weighted by Gasteiger charge is -2.37. The van der Waals surface area contributed by atoms with Crippen molar-refractivity contribution in [3.8, 4) is 11.3 Å². The van der Waals surface area contributed by atoms with Gasteiger partial charge in [-0.3, -0.25) is 4.79 Å². The highest BCUT2D eigenvalue weighted by Gasteiger charge is 2.37. The van der Waals surface area contributed by atoms with Gasteiger partial charge in [0.05, 0.1) is 5.60 Å². The number of nitrogens with zero attached hydrogens (tertiary/aromatic N) is 1. The molecule has 1 saturated carbocycles. The molecule has 0 radical (unpaired) electrons. The van der Waals surface area contributed by atoms with Crippen molar-refractivity contribution in [3.63, 3.8) is 0 Å². The molecule has 1 heterocycles. The van der Waals surface area contributed by atoms with Crippen LogP contribution in [0.2, 0.25) is 0 Å². The van der Waals surface area contributed by atoms with E-state index in [0.717, 1.165) is 12.5 Å². The summed E-state index contributed by atoms with van der Waals surface area (Å²) in [5.41, 5.74) is -0.133. The lowest BCUT2D eigenvalue weighted by Crippen LogP contribution is -2.33. The molecule has 2 aromatic rings. The van der Waals surface area contributed by atoms with Crippen LogP contribution in [0.4, 0.5) is 8.78 Å². The number of aromatic nitrogens is 1. The molecule has 0 aliphatic heterocycles. The summed E-state index contributed by atoms with van der Waals surface area (Å²) in [6, 6.07) is 5.23. The number of hydrogen-bond acceptors (Lipinski definition) is 3. The van der Waals surface area contributed by atoms with Crippen molar-refractivity contribution in [1.29, 1.82) is 0 Å². The number of aldehydes is 1. The molecule has 1 aliphatic rings. The van der Waals surface area contributed by atoms with Crippen molar-refractivity contribution < 1.29 is 18.7 Å². The van der Waals surface area contributed by atoms with Gasteiger partial charge >= 0.3 is 0 Å². The Morgan fingerprint density at radius 2 is 1.95 bits per heavy atom. The van der Waals surface area contributed by atoms with E-state index >= 15 is 0 Å². The topological polar surface area (TPSA) is 50.2 Å². The maximum atomic E-state index is 14.5. The zero-order chi connectivity index (χ0) is 15.9. The second-order valence-corrected chi connectivity index (χ2v) is 5.72. The molecule has 0 spiro atoms. The molecule has 114 valence electrons. The average molecular weight is 303 g/mol. The first-order chi connectivity index (χ1) is 10.4. The lowest BCUT2D eigenvalue weighted by molar-refractivity contribution is -0.0390. The summed E-state index contributed by atoms with van der Waals surface area (Å²) in [6.45, 7) is 1.64. The van der Waals surface area contributed by atoms with Crippen LogP contribution in [0.1, 0.15) is 40.9 Å². The molecule has 1 aliphatic carbocycles. The minimum atomic E-state index is -0.985. The van der Waals surface area contributed by atoms with Crippen LogP contribution in [0.25, 0.3) is 11.3 Å². The van der Waals surface area contributed by atoms with Gasteiger partial charge in [0.25, 0.3) is 0 Å². The normalized spacial score (nSPS) is 16.2. The first kappa shape index (κ1) is 14.8. The number of halogens is 2. The Balaban J connectivity index is 2.14. The first-order valence-electron chi connectivity index (χ1n) is 7.10. The largest absolute Gasteiger partial charge is 0.385 e. The molecule has 5 heteroatoms. The van der Waals surface area contributed by atoms with Gasteiger partial charge < -0.3 is 5.11 Å². The van der Waals surface area contributed by atoms with E-state index in [-0.39, 0.29) is 17.0 Å². The van der Waals surface area contributed by atoms with Gasteiger partial charge in [-0.2, -0.15) is 0 Å².